The van der Waals surface area contributed by atoms with Crippen LogP contribution in [0.5, 0.6) is 0 Å². The van der Waals surface area contributed by atoms with Gasteiger partial charge in [-0.25, -0.2) is 9.97 Å². The van der Waals surface area contributed by atoms with Gasteiger partial charge in [0.15, 0.2) is 0 Å². The molecule has 4 heteroatoms. The maximum absolute atomic E-state index is 6.07. The van der Waals surface area contributed by atoms with E-state index in [0.717, 1.165) is 31.8 Å². The van der Waals surface area contributed by atoms with Gasteiger partial charge in [-0.1, -0.05) is 19.8 Å². The van der Waals surface area contributed by atoms with Gasteiger partial charge in [-0.3, -0.25) is 0 Å². The van der Waals surface area contributed by atoms with Crippen molar-refractivity contribution in [3.05, 3.63) is 17.6 Å². The lowest BCUT2D eigenvalue weighted by Gasteiger charge is -2.40. The number of nitrogens with zero attached hydrogens (tertiary/aromatic N) is 3. The molecule has 21 heavy (non-hydrogen) atoms. The molecule has 0 radical (unpaired) electrons. The van der Waals surface area contributed by atoms with Gasteiger partial charge in [-0.15, -0.1) is 0 Å². The lowest BCUT2D eigenvalue weighted by Crippen LogP contribution is -2.47. The van der Waals surface area contributed by atoms with E-state index in [2.05, 4.69) is 21.8 Å². The summed E-state index contributed by atoms with van der Waals surface area (Å²) in [5.74, 6) is 2.02. The minimum atomic E-state index is 0.450. The third-order valence-corrected chi connectivity index (χ3v) is 5.30. The summed E-state index contributed by atoms with van der Waals surface area (Å²) < 4.78 is 0. The Balaban J connectivity index is 1.89. The monoisotopic (exact) mass is 288 g/mol. The van der Waals surface area contributed by atoms with Crippen LogP contribution in [0, 0.1) is 5.92 Å². The van der Waals surface area contributed by atoms with Crippen molar-refractivity contribution in [3.63, 3.8) is 0 Å². The first-order valence-electron chi connectivity index (χ1n) is 8.63. The van der Waals surface area contributed by atoms with Gasteiger partial charge in [-0.05, 0) is 44.4 Å². The van der Waals surface area contributed by atoms with Gasteiger partial charge in [0, 0.05) is 30.4 Å². The molecule has 1 fully saturated rings. The second kappa shape index (κ2) is 6.73. The van der Waals surface area contributed by atoms with Crippen LogP contribution >= 0.6 is 0 Å². The zero-order chi connectivity index (χ0) is 14.7. The minimum absolute atomic E-state index is 0.450. The summed E-state index contributed by atoms with van der Waals surface area (Å²) in [5, 5.41) is 0. The largest absolute Gasteiger partial charge is 0.352 e. The zero-order valence-electron chi connectivity index (χ0n) is 13.2. The van der Waals surface area contributed by atoms with E-state index >= 15 is 0 Å². The van der Waals surface area contributed by atoms with E-state index < -0.39 is 0 Å². The van der Waals surface area contributed by atoms with E-state index in [0.29, 0.717) is 6.04 Å². The van der Waals surface area contributed by atoms with Crippen LogP contribution in [0.1, 0.15) is 56.7 Å². The van der Waals surface area contributed by atoms with Gasteiger partial charge in [0.2, 0.25) is 0 Å². The number of hydrogen-bond donors (Lipinski definition) is 1. The number of anilines is 1. The first-order valence-corrected chi connectivity index (χ1v) is 8.63. The predicted molar refractivity (Wildman–Crippen MR) is 86.5 cm³/mol. The molecule has 2 atom stereocenters. The molecule has 2 N–H and O–H groups in total. The molecule has 0 saturated carbocycles. The summed E-state index contributed by atoms with van der Waals surface area (Å²) >= 11 is 0. The highest BCUT2D eigenvalue weighted by Crippen LogP contribution is 2.32. The molecular formula is C17H28N4. The van der Waals surface area contributed by atoms with Crippen LogP contribution in [-0.4, -0.2) is 29.1 Å². The van der Waals surface area contributed by atoms with Crippen molar-refractivity contribution < 1.29 is 0 Å². The van der Waals surface area contributed by atoms with Crippen LogP contribution in [0.15, 0.2) is 6.33 Å². The molecule has 1 aromatic heterocycles. The summed E-state index contributed by atoms with van der Waals surface area (Å²) in [6, 6.07) is 0.450. The van der Waals surface area contributed by atoms with E-state index in [4.69, 9.17) is 5.73 Å². The van der Waals surface area contributed by atoms with E-state index in [-0.39, 0.29) is 0 Å². The maximum Gasteiger partial charge on any atom is 0.135 e. The first kappa shape index (κ1) is 14.8. The van der Waals surface area contributed by atoms with Crippen LogP contribution in [0.25, 0.3) is 0 Å². The Morgan fingerprint density at radius 3 is 2.90 bits per heavy atom. The Labute approximate surface area is 128 Å². The predicted octanol–water partition coefficient (Wildman–Crippen LogP) is 2.70. The fourth-order valence-electron chi connectivity index (χ4n) is 3.94. The summed E-state index contributed by atoms with van der Waals surface area (Å²) in [6.45, 7) is 4.13. The Morgan fingerprint density at radius 1 is 1.24 bits per heavy atom. The lowest BCUT2D eigenvalue weighted by atomic mass is 9.88. The number of nitrogens with two attached hydrogens (primary N) is 1. The molecule has 2 heterocycles. The van der Waals surface area contributed by atoms with Crippen LogP contribution in [0.3, 0.4) is 0 Å². The second-order valence-corrected chi connectivity index (χ2v) is 6.56. The fourth-order valence-corrected chi connectivity index (χ4v) is 3.94. The van der Waals surface area contributed by atoms with Gasteiger partial charge >= 0.3 is 0 Å². The maximum atomic E-state index is 6.07. The third-order valence-electron chi connectivity index (χ3n) is 5.30. The van der Waals surface area contributed by atoms with Gasteiger partial charge in [0.05, 0.1) is 0 Å². The number of fused-ring (bicyclic) bond motifs is 1. The van der Waals surface area contributed by atoms with Crippen LogP contribution in [-0.2, 0) is 12.8 Å². The van der Waals surface area contributed by atoms with Gasteiger partial charge in [0.1, 0.15) is 12.1 Å². The molecule has 1 aliphatic heterocycles. The van der Waals surface area contributed by atoms with E-state index in [1.165, 1.54) is 55.6 Å². The summed E-state index contributed by atoms with van der Waals surface area (Å²) in [5.41, 5.74) is 8.76. The molecule has 0 amide bonds. The van der Waals surface area contributed by atoms with Crippen LogP contribution in [0.2, 0.25) is 0 Å². The third kappa shape index (κ3) is 3.05. The summed E-state index contributed by atoms with van der Waals surface area (Å²) in [4.78, 5) is 11.7. The molecule has 2 aliphatic rings. The zero-order valence-corrected chi connectivity index (χ0v) is 13.2. The smallest absolute Gasteiger partial charge is 0.135 e. The van der Waals surface area contributed by atoms with Crippen molar-refractivity contribution in [3.8, 4) is 0 Å². The lowest BCUT2D eigenvalue weighted by molar-refractivity contribution is 0.333. The topological polar surface area (TPSA) is 55.0 Å². The molecule has 0 bridgehead atoms. The highest BCUT2D eigenvalue weighted by atomic mass is 15.2. The summed E-state index contributed by atoms with van der Waals surface area (Å²) in [7, 11) is 0. The SMILES string of the molecule is CCC1CCN(c2ncnc3c2CCCCC3)C(CN)C1. The molecule has 0 aromatic carbocycles. The molecule has 116 valence electrons. The molecule has 0 spiro atoms. The minimum Gasteiger partial charge on any atom is -0.352 e. The molecule has 4 nitrogen and oxygen atoms in total. The average molecular weight is 288 g/mol. The van der Waals surface area contributed by atoms with Crippen LogP contribution < -0.4 is 10.6 Å². The normalized spacial score (nSPS) is 26.3. The Morgan fingerprint density at radius 2 is 2.10 bits per heavy atom. The molecular weight excluding hydrogens is 260 g/mol. The summed E-state index contributed by atoms with van der Waals surface area (Å²) in [6.07, 6.45) is 11.6. The van der Waals surface area contributed by atoms with Gasteiger partial charge in [0.25, 0.3) is 0 Å². The highest BCUT2D eigenvalue weighted by Gasteiger charge is 2.30. The number of hydrogen-bond acceptors (Lipinski definition) is 4. The van der Waals surface area contributed by atoms with Crippen molar-refractivity contribution in [2.24, 2.45) is 11.7 Å². The number of piperidine rings is 1. The van der Waals surface area contributed by atoms with Gasteiger partial charge in [-0.2, -0.15) is 0 Å². The van der Waals surface area contributed by atoms with Crippen molar-refractivity contribution in [2.45, 2.75) is 64.3 Å². The molecule has 2 unspecified atom stereocenters. The Hall–Kier alpha value is -1.16. The van der Waals surface area contributed by atoms with Crippen LogP contribution in [0.4, 0.5) is 5.82 Å². The Kier molecular flexibility index (Phi) is 4.73. The second-order valence-electron chi connectivity index (χ2n) is 6.56. The molecule has 3 rings (SSSR count). The number of aromatic nitrogens is 2. The number of aryl methyl sites for hydroxylation is 1. The molecule has 1 saturated heterocycles. The van der Waals surface area contributed by atoms with Crippen molar-refractivity contribution in [2.75, 3.05) is 18.0 Å². The Bertz CT molecular complexity index is 474. The van der Waals surface area contributed by atoms with Crippen molar-refractivity contribution in [1.82, 2.24) is 9.97 Å². The van der Waals surface area contributed by atoms with E-state index in [9.17, 15) is 0 Å². The van der Waals surface area contributed by atoms with Crippen molar-refractivity contribution in [1.29, 1.82) is 0 Å². The van der Waals surface area contributed by atoms with Crippen molar-refractivity contribution >= 4 is 5.82 Å². The molecule has 1 aliphatic carbocycles. The van der Waals surface area contributed by atoms with E-state index in [1.807, 2.05) is 0 Å². The fraction of sp³-hybridized carbons (Fsp3) is 0.765. The quantitative estimate of drug-likeness (QED) is 0.869. The standard InChI is InChI=1S/C17H28N4/c1-2-13-8-9-21(14(10-13)11-18)17-15-6-4-3-5-7-16(15)19-12-20-17/h12-14H,2-11,18H2,1H3. The average Bonchev–Trinajstić information content (AvgIpc) is 2.79. The first-order chi connectivity index (χ1) is 10.3. The van der Waals surface area contributed by atoms with Gasteiger partial charge < -0.3 is 10.6 Å². The number of rotatable bonds is 3. The highest BCUT2D eigenvalue weighted by molar-refractivity contribution is 5.50. The van der Waals surface area contributed by atoms with E-state index in [1.54, 1.807) is 6.33 Å². The molecule has 1 aromatic rings.